The molecule has 11 heavy (non-hydrogen) atoms. The van der Waals surface area contributed by atoms with Gasteiger partial charge in [-0.05, 0) is 6.92 Å². The minimum absolute atomic E-state index is 0.247. The Balaban J connectivity index is 2.85. The van der Waals surface area contributed by atoms with Crippen molar-refractivity contribution in [1.29, 1.82) is 0 Å². The zero-order valence-electron chi connectivity index (χ0n) is 7.05. The average Bonchev–Trinajstić information content (AvgIpc) is 1.96. The van der Waals surface area contributed by atoms with E-state index in [0.717, 1.165) is 0 Å². The molecule has 0 heterocycles. The van der Waals surface area contributed by atoms with Crippen LogP contribution in [0.5, 0.6) is 0 Å². The van der Waals surface area contributed by atoms with Crippen molar-refractivity contribution < 1.29 is 14.3 Å². The largest absolute Gasteiger partial charge is 0.465 e. The van der Waals surface area contributed by atoms with E-state index in [1.165, 1.54) is 6.92 Å². The molecular formula is C7H15NO3. The Labute approximate surface area is 66.9 Å². The fraction of sp³-hybridized carbons (Fsp3) is 0.857. The lowest BCUT2D eigenvalue weighted by Gasteiger charge is -2.03. The summed E-state index contributed by atoms with van der Waals surface area (Å²) in [5, 5.41) is 2.94. The first kappa shape index (κ1) is 10.4. The number of carbonyl (C=O) groups is 1. The van der Waals surface area contributed by atoms with E-state index in [1.807, 2.05) is 6.92 Å². The number of carbonyl (C=O) groups excluding carboxylic acids is 1. The Kier molecular flexibility index (Phi) is 7.08. The summed E-state index contributed by atoms with van der Waals surface area (Å²) >= 11 is 0. The maximum Gasteiger partial charge on any atom is 0.302 e. The Hall–Kier alpha value is -0.610. The van der Waals surface area contributed by atoms with Gasteiger partial charge in [0.05, 0.1) is 6.73 Å². The normalized spacial score (nSPS) is 9.64. The SMILES string of the molecule is CCOCNCCOC(C)=O. The summed E-state index contributed by atoms with van der Waals surface area (Å²) in [6.45, 7) is 5.57. The second-order valence-corrected chi connectivity index (χ2v) is 1.98. The molecule has 0 spiro atoms. The second-order valence-electron chi connectivity index (χ2n) is 1.98. The van der Waals surface area contributed by atoms with E-state index in [1.54, 1.807) is 0 Å². The average molecular weight is 161 g/mol. The van der Waals surface area contributed by atoms with E-state index in [-0.39, 0.29) is 5.97 Å². The zero-order valence-corrected chi connectivity index (χ0v) is 7.05. The molecule has 4 heteroatoms. The van der Waals surface area contributed by atoms with Gasteiger partial charge in [-0.3, -0.25) is 10.1 Å². The van der Waals surface area contributed by atoms with Crippen LogP contribution in [0, 0.1) is 0 Å². The Bertz CT molecular complexity index is 106. The second kappa shape index (κ2) is 7.50. The van der Waals surface area contributed by atoms with Crippen molar-refractivity contribution in [3.05, 3.63) is 0 Å². The van der Waals surface area contributed by atoms with Gasteiger partial charge in [0.15, 0.2) is 0 Å². The van der Waals surface area contributed by atoms with Crippen LogP contribution in [0.1, 0.15) is 13.8 Å². The van der Waals surface area contributed by atoms with Crippen LogP contribution in [0.15, 0.2) is 0 Å². The molecule has 0 aliphatic heterocycles. The van der Waals surface area contributed by atoms with Crippen molar-refractivity contribution >= 4 is 5.97 Å². The van der Waals surface area contributed by atoms with Crippen molar-refractivity contribution in [2.45, 2.75) is 13.8 Å². The molecular weight excluding hydrogens is 146 g/mol. The predicted molar refractivity (Wildman–Crippen MR) is 41.1 cm³/mol. The topological polar surface area (TPSA) is 47.6 Å². The molecule has 66 valence electrons. The molecule has 0 unspecified atom stereocenters. The molecule has 0 aromatic carbocycles. The number of nitrogens with one attached hydrogen (secondary N) is 1. The van der Waals surface area contributed by atoms with Crippen LogP contribution < -0.4 is 5.32 Å². The van der Waals surface area contributed by atoms with Crippen molar-refractivity contribution in [2.75, 3.05) is 26.5 Å². The lowest BCUT2D eigenvalue weighted by molar-refractivity contribution is -0.140. The van der Waals surface area contributed by atoms with Crippen LogP contribution in [-0.4, -0.2) is 32.5 Å². The van der Waals surface area contributed by atoms with Gasteiger partial charge in [0.2, 0.25) is 0 Å². The van der Waals surface area contributed by atoms with Crippen LogP contribution in [0.4, 0.5) is 0 Å². The molecule has 0 radical (unpaired) electrons. The molecule has 0 saturated heterocycles. The van der Waals surface area contributed by atoms with Gasteiger partial charge in [0.25, 0.3) is 0 Å². The number of esters is 1. The lowest BCUT2D eigenvalue weighted by Crippen LogP contribution is -2.23. The van der Waals surface area contributed by atoms with Gasteiger partial charge in [0.1, 0.15) is 6.61 Å². The van der Waals surface area contributed by atoms with Gasteiger partial charge in [-0.15, -0.1) is 0 Å². The number of ether oxygens (including phenoxy) is 2. The summed E-state index contributed by atoms with van der Waals surface area (Å²) < 4.78 is 9.65. The van der Waals surface area contributed by atoms with Crippen LogP contribution in [0.25, 0.3) is 0 Å². The maximum atomic E-state index is 10.3. The summed E-state index contributed by atoms with van der Waals surface area (Å²) in [6.07, 6.45) is 0. The monoisotopic (exact) mass is 161 g/mol. The van der Waals surface area contributed by atoms with E-state index in [9.17, 15) is 4.79 Å². The fourth-order valence-electron chi connectivity index (χ4n) is 0.513. The van der Waals surface area contributed by atoms with Gasteiger partial charge in [-0.1, -0.05) is 0 Å². The van der Waals surface area contributed by atoms with Crippen LogP contribution >= 0.6 is 0 Å². The van der Waals surface area contributed by atoms with Crippen molar-refractivity contribution in [3.8, 4) is 0 Å². The predicted octanol–water partition coefficient (Wildman–Crippen LogP) is 0.133. The first-order valence-corrected chi connectivity index (χ1v) is 3.69. The minimum Gasteiger partial charge on any atom is -0.465 e. The minimum atomic E-state index is -0.247. The number of rotatable bonds is 6. The smallest absolute Gasteiger partial charge is 0.302 e. The maximum absolute atomic E-state index is 10.3. The highest BCUT2D eigenvalue weighted by molar-refractivity contribution is 5.65. The Morgan fingerprint density at radius 1 is 1.55 bits per heavy atom. The first-order valence-electron chi connectivity index (χ1n) is 3.69. The molecule has 4 nitrogen and oxygen atoms in total. The highest BCUT2D eigenvalue weighted by atomic mass is 16.5. The molecule has 0 bridgehead atoms. The van der Waals surface area contributed by atoms with Gasteiger partial charge >= 0.3 is 5.97 Å². The number of hydrogen-bond acceptors (Lipinski definition) is 4. The molecule has 0 aliphatic rings. The summed E-state index contributed by atoms with van der Waals surface area (Å²) in [4.78, 5) is 10.3. The van der Waals surface area contributed by atoms with E-state index >= 15 is 0 Å². The molecule has 0 aromatic rings. The van der Waals surface area contributed by atoms with E-state index in [0.29, 0.717) is 26.5 Å². The van der Waals surface area contributed by atoms with Crippen molar-refractivity contribution in [3.63, 3.8) is 0 Å². The molecule has 0 rings (SSSR count). The van der Waals surface area contributed by atoms with E-state index in [2.05, 4.69) is 10.1 Å². The van der Waals surface area contributed by atoms with Gasteiger partial charge in [-0.25, -0.2) is 0 Å². The first-order chi connectivity index (χ1) is 5.27. The van der Waals surface area contributed by atoms with Crippen molar-refractivity contribution in [1.82, 2.24) is 5.32 Å². The standard InChI is InChI=1S/C7H15NO3/c1-3-10-6-8-4-5-11-7(2)9/h8H,3-6H2,1-2H3. The lowest BCUT2D eigenvalue weighted by atomic mass is 10.7. The highest BCUT2D eigenvalue weighted by Gasteiger charge is 1.90. The van der Waals surface area contributed by atoms with Crippen LogP contribution in [-0.2, 0) is 14.3 Å². The fourth-order valence-corrected chi connectivity index (χ4v) is 0.513. The molecule has 0 fully saturated rings. The third-order valence-corrected chi connectivity index (χ3v) is 0.992. The van der Waals surface area contributed by atoms with Crippen LogP contribution in [0.3, 0.4) is 0 Å². The molecule has 0 atom stereocenters. The zero-order chi connectivity index (χ0) is 8.53. The summed E-state index contributed by atoms with van der Waals surface area (Å²) in [5.41, 5.74) is 0. The quantitative estimate of drug-likeness (QED) is 0.342. The van der Waals surface area contributed by atoms with Crippen molar-refractivity contribution in [2.24, 2.45) is 0 Å². The third kappa shape index (κ3) is 9.39. The van der Waals surface area contributed by atoms with Crippen LogP contribution in [0.2, 0.25) is 0 Å². The third-order valence-electron chi connectivity index (χ3n) is 0.992. The summed E-state index contributed by atoms with van der Waals surface area (Å²) in [6, 6.07) is 0. The molecule has 0 aliphatic carbocycles. The molecule has 0 aromatic heterocycles. The molecule has 0 amide bonds. The summed E-state index contributed by atoms with van der Waals surface area (Å²) in [7, 11) is 0. The van der Waals surface area contributed by atoms with Gasteiger partial charge in [0, 0.05) is 20.1 Å². The molecule has 0 saturated carbocycles. The molecule has 1 N–H and O–H groups in total. The summed E-state index contributed by atoms with van der Waals surface area (Å²) in [5.74, 6) is -0.247. The Morgan fingerprint density at radius 3 is 2.82 bits per heavy atom. The number of hydrogen-bond donors (Lipinski definition) is 1. The van der Waals surface area contributed by atoms with Gasteiger partial charge in [-0.2, -0.15) is 0 Å². The van der Waals surface area contributed by atoms with E-state index < -0.39 is 0 Å². The highest BCUT2D eigenvalue weighted by Crippen LogP contribution is 1.74. The van der Waals surface area contributed by atoms with Gasteiger partial charge < -0.3 is 9.47 Å². The van der Waals surface area contributed by atoms with E-state index in [4.69, 9.17) is 4.74 Å². The Morgan fingerprint density at radius 2 is 2.27 bits per heavy atom.